The van der Waals surface area contributed by atoms with Crippen LogP contribution in [0.4, 0.5) is 0 Å². The van der Waals surface area contributed by atoms with Gasteiger partial charge in [0.1, 0.15) is 0 Å². The van der Waals surface area contributed by atoms with Crippen molar-refractivity contribution in [2.75, 3.05) is 13.7 Å². The minimum atomic E-state index is -0.599. The molecule has 1 aliphatic rings. The zero-order valence-corrected chi connectivity index (χ0v) is 9.85. The van der Waals surface area contributed by atoms with Gasteiger partial charge in [-0.25, -0.2) is 4.79 Å². The van der Waals surface area contributed by atoms with Crippen molar-refractivity contribution in [3.63, 3.8) is 0 Å². The molecule has 0 bridgehead atoms. The van der Waals surface area contributed by atoms with Gasteiger partial charge in [0.15, 0.2) is 0 Å². The van der Waals surface area contributed by atoms with Crippen molar-refractivity contribution in [1.82, 2.24) is 10.2 Å². The average Bonchev–Trinajstić information content (AvgIpc) is 2.85. The van der Waals surface area contributed by atoms with E-state index in [1.807, 2.05) is 0 Å². The molecule has 1 fully saturated rings. The maximum Gasteiger partial charge on any atom is 0.396 e. The van der Waals surface area contributed by atoms with E-state index in [-0.39, 0.29) is 12.0 Å². The first kappa shape index (κ1) is 12.0. The number of carbonyl (C=O) groups is 1. The van der Waals surface area contributed by atoms with Crippen molar-refractivity contribution in [2.45, 2.75) is 38.2 Å². The van der Waals surface area contributed by atoms with Crippen molar-refractivity contribution < 1.29 is 18.7 Å². The van der Waals surface area contributed by atoms with Crippen molar-refractivity contribution in [3.05, 3.63) is 11.8 Å². The highest BCUT2D eigenvalue weighted by atomic mass is 16.5. The summed E-state index contributed by atoms with van der Waals surface area (Å²) in [7, 11) is 1.28. The topological polar surface area (TPSA) is 74.5 Å². The Kier molecular flexibility index (Phi) is 4.08. The Hall–Kier alpha value is -1.43. The Labute approximate surface area is 99.3 Å². The normalized spacial score (nSPS) is 20.2. The Morgan fingerprint density at radius 2 is 2.35 bits per heavy atom. The Morgan fingerprint density at radius 3 is 3.06 bits per heavy atom. The van der Waals surface area contributed by atoms with Gasteiger partial charge in [0.05, 0.1) is 13.2 Å². The van der Waals surface area contributed by atoms with Crippen LogP contribution in [-0.2, 0) is 15.9 Å². The lowest BCUT2D eigenvalue weighted by Crippen LogP contribution is -2.19. The van der Waals surface area contributed by atoms with E-state index in [2.05, 4.69) is 14.9 Å². The molecule has 2 heterocycles. The molecule has 1 unspecified atom stereocenters. The van der Waals surface area contributed by atoms with E-state index in [0.29, 0.717) is 12.3 Å². The Balaban J connectivity index is 1.82. The highest BCUT2D eigenvalue weighted by molar-refractivity contribution is 5.83. The SMILES string of the molecule is COC(=O)c1nnc(CCC2CCCCO2)o1. The van der Waals surface area contributed by atoms with Gasteiger partial charge in [-0.15, -0.1) is 10.2 Å². The zero-order chi connectivity index (χ0) is 12.1. The van der Waals surface area contributed by atoms with Gasteiger partial charge in [-0.2, -0.15) is 0 Å². The first-order chi connectivity index (χ1) is 8.29. The Morgan fingerprint density at radius 1 is 1.47 bits per heavy atom. The molecule has 1 aliphatic heterocycles. The summed E-state index contributed by atoms with van der Waals surface area (Å²) in [6.45, 7) is 0.835. The van der Waals surface area contributed by atoms with Crippen LogP contribution >= 0.6 is 0 Å². The lowest BCUT2D eigenvalue weighted by molar-refractivity contribution is 0.0105. The van der Waals surface area contributed by atoms with Crippen LogP contribution in [0.25, 0.3) is 0 Å². The van der Waals surface area contributed by atoms with Gasteiger partial charge in [-0.3, -0.25) is 0 Å². The minimum Gasteiger partial charge on any atom is -0.462 e. The van der Waals surface area contributed by atoms with Crippen LogP contribution in [-0.4, -0.2) is 36.0 Å². The van der Waals surface area contributed by atoms with Gasteiger partial charge in [-0.05, 0) is 25.7 Å². The summed E-state index contributed by atoms with van der Waals surface area (Å²) < 4.78 is 15.3. The summed E-state index contributed by atoms with van der Waals surface area (Å²) in [6, 6.07) is 0. The minimum absolute atomic E-state index is 0.0907. The molecule has 0 aromatic carbocycles. The van der Waals surface area contributed by atoms with Gasteiger partial charge in [0, 0.05) is 13.0 Å². The summed E-state index contributed by atoms with van der Waals surface area (Å²) in [4.78, 5) is 11.1. The third kappa shape index (κ3) is 3.26. The van der Waals surface area contributed by atoms with E-state index in [0.717, 1.165) is 25.9 Å². The number of ether oxygens (including phenoxy) is 2. The van der Waals surface area contributed by atoms with Crippen molar-refractivity contribution >= 4 is 5.97 Å². The van der Waals surface area contributed by atoms with E-state index in [1.165, 1.54) is 13.5 Å². The second kappa shape index (κ2) is 5.77. The molecule has 6 nitrogen and oxygen atoms in total. The smallest absolute Gasteiger partial charge is 0.396 e. The average molecular weight is 240 g/mol. The fourth-order valence-electron chi connectivity index (χ4n) is 1.84. The summed E-state index contributed by atoms with van der Waals surface area (Å²) >= 11 is 0. The largest absolute Gasteiger partial charge is 0.462 e. The number of hydrogen-bond acceptors (Lipinski definition) is 6. The third-order valence-corrected chi connectivity index (χ3v) is 2.78. The van der Waals surface area contributed by atoms with Crippen molar-refractivity contribution in [2.24, 2.45) is 0 Å². The van der Waals surface area contributed by atoms with Gasteiger partial charge in [-0.1, -0.05) is 0 Å². The quantitative estimate of drug-likeness (QED) is 0.740. The standard InChI is InChI=1S/C11H16N2O4/c1-15-11(14)10-13-12-9(17-10)6-5-8-4-2-3-7-16-8/h8H,2-7H2,1H3. The molecular formula is C11H16N2O4. The molecule has 6 heteroatoms. The maximum atomic E-state index is 11.1. The number of rotatable bonds is 4. The van der Waals surface area contributed by atoms with Gasteiger partial charge in [0.25, 0.3) is 0 Å². The second-order valence-electron chi connectivity index (χ2n) is 4.02. The molecule has 1 saturated heterocycles. The third-order valence-electron chi connectivity index (χ3n) is 2.78. The number of methoxy groups -OCH3 is 1. The monoisotopic (exact) mass is 240 g/mol. The van der Waals surface area contributed by atoms with Crippen LogP contribution in [0, 0.1) is 0 Å². The summed E-state index contributed by atoms with van der Waals surface area (Å²) in [5, 5.41) is 7.42. The van der Waals surface area contributed by atoms with Crippen molar-refractivity contribution in [1.29, 1.82) is 0 Å². The lowest BCUT2D eigenvalue weighted by Gasteiger charge is -2.21. The number of esters is 1. The number of carbonyl (C=O) groups excluding carboxylic acids is 1. The number of aryl methyl sites for hydroxylation is 1. The summed E-state index contributed by atoms with van der Waals surface area (Å²) in [5.74, 6) is -0.232. The van der Waals surface area contributed by atoms with E-state index in [9.17, 15) is 4.79 Å². The highest BCUT2D eigenvalue weighted by Crippen LogP contribution is 2.17. The fourth-order valence-corrected chi connectivity index (χ4v) is 1.84. The predicted octanol–water partition coefficient (Wildman–Crippen LogP) is 1.36. The van der Waals surface area contributed by atoms with Crippen LogP contribution < -0.4 is 0 Å². The molecule has 0 radical (unpaired) electrons. The fraction of sp³-hybridized carbons (Fsp3) is 0.727. The van der Waals surface area contributed by atoms with Crippen LogP contribution in [0.2, 0.25) is 0 Å². The predicted molar refractivity (Wildman–Crippen MR) is 57.5 cm³/mol. The molecule has 0 aliphatic carbocycles. The number of aromatic nitrogens is 2. The van der Waals surface area contributed by atoms with Gasteiger partial charge in [0.2, 0.25) is 5.89 Å². The first-order valence-electron chi connectivity index (χ1n) is 5.82. The molecule has 1 aromatic heterocycles. The van der Waals surface area contributed by atoms with E-state index in [4.69, 9.17) is 9.15 Å². The first-order valence-corrected chi connectivity index (χ1v) is 5.82. The van der Waals surface area contributed by atoms with Gasteiger partial charge < -0.3 is 13.9 Å². The van der Waals surface area contributed by atoms with E-state index >= 15 is 0 Å². The van der Waals surface area contributed by atoms with Gasteiger partial charge >= 0.3 is 11.9 Å². The summed E-state index contributed by atoms with van der Waals surface area (Å²) in [6.07, 6.45) is 5.19. The molecule has 17 heavy (non-hydrogen) atoms. The molecule has 0 amide bonds. The molecule has 0 N–H and O–H groups in total. The Bertz CT molecular complexity index is 371. The highest BCUT2D eigenvalue weighted by Gasteiger charge is 2.18. The molecule has 2 rings (SSSR count). The number of nitrogens with zero attached hydrogens (tertiary/aromatic N) is 2. The second-order valence-corrected chi connectivity index (χ2v) is 4.02. The van der Waals surface area contributed by atoms with E-state index < -0.39 is 5.97 Å². The number of hydrogen-bond donors (Lipinski definition) is 0. The molecule has 94 valence electrons. The van der Waals surface area contributed by atoms with E-state index in [1.54, 1.807) is 0 Å². The molecular weight excluding hydrogens is 224 g/mol. The van der Waals surface area contributed by atoms with Crippen LogP contribution in [0.5, 0.6) is 0 Å². The van der Waals surface area contributed by atoms with Crippen LogP contribution in [0.15, 0.2) is 4.42 Å². The maximum absolute atomic E-state index is 11.1. The van der Waals surface area contributed by atoms with Crippen LogP contribution in [0.1, 0.15) is 42.3 Å². The zero-order valence-electron chi connectivity index (χ0n) is 9.85. The molecule has 0 saturated carbocycles. The molecule has 1 atom stereocenters. The molecule has 1 aromatic rings. The summed E-state index contributed by atoms with van der Waals surface area (Å²) in [5.41, 5.74) is 0. The molecule has 0 spiro atoms. The van der Waals surface area contributed by atoms with Crippen LogP contribution in [0.3, 0.4) is 0 Å². The lowest BCUT2D eigenvalue weighted by atomic mass is 10.0. The van der Waals surface area contributed by atoms with Crippen molar-refractivity contribution in [3.8, 4) is 0 Å².